The van der Waals surface area contributed by atoms with Crippen LogP contribution in [0.2, 0.25) is 0 Å². The molecule has 0 unspecified atom stereocenters. The Morgan fingerprint density at radius 1 is 0.853 bits per heavy atom. The van der Waals surface area contributed by atoms with Crippen molar-refractivity contribution in [2.45, 2.75) is 37.1 Å². The third-order valence-corrected chi connectivity index (χ3v) is 7.83. The summed E-state index contributed by atoms with van der Waals surface area (Å²) >= 11 is 0. The second kappa shape index (κ2) is 12.6. The first-order chi connectivity index (χ1) is 16.4. The predicted molar refractivity (Wildman–Crippen MR) is 132 cm³/mol. The Hall–Kier alpha value is -2.75. The molecule has 1 heterocycles. The molecule has 1 aliphatic heterocycles. The Kier molecular flexibility index (Phi) is 9.62. The number of hydrogen-bond donors (Lipinski definition) is 2. The van der Waals surface area contributed by atoms with E-state index in [2.05, 4.69) is 15.5 Å². The predicted octanol–water partition coefficient (Wildman–Crippen LogP) is 2.23. The molecular formula is C25H34N4O4S. The lowest BCUT2D eigenvalue weighted by molar-refractivity contribution is -0.121. The van der Waals surface area contributed by atoms with E-state index < -0.39 is 10.0 Å². The quantitative estimate of drug-likeness (QED) is 0.475. The van der Waals surface area contributed by atoms with E-state index in [1.807, 2.05) is 25.2 Å². The molecule has 3 rings (SSSR count). The fraction of sp³-hybridized carbons (Fsp3) is 0.440. The van der Waals surface area contributed by atoms with Crippen molar-refractivity contribution >= 4 is 21.8 Å². The maximum absolute atomic E-state index is 12.8. The molecular weight excluding hydrogens is 452 g/mol. The summed E-state index contributed by atoms with van der Waals surface area (Å²) in [6.45, 7) is 3.39. The molecule has 2 aromatic carbocycles. The third-order valence-electron chi connectivity index (χ3n) is 5.92. The SMILES string of the molecule is CN1CCN(S(=O)(=O)c2ccc(CNC(=O)CCCCCNC(=O)c3ccccc3)cc2)CC1. The normalized spacial score (nSPS) is 15.1. The van der Waals surface area contributed by atoms with Gasteiger partial charge in [-0.2, -0.15) is 4.31 Å². The highest BCUT2D eigenvalue weighted by molar-refractivity contribution is 7.89. The first kappa shape index (κ1) is 25.9. The van der Waals surface area contributed by atoms with Gasteiger partial charge < -0.3 is 15.5 Å². The van der Waals surface area contributed by atoms with Crippen LogP contribution in [0.15, 0.2) is 59.5 Å². The van der Waals surface area contributed by atoms with Crippen LogP contribution in [0.1, 0.15) is 41.6 Å². The van der Waals surface area contributed by atoms with E-state index in [0.29, 0.717) is 38.2 Å². The summed E-state index contributed by atoms with van der Waals surface area (Å²) in [6, 6.07) is 15.8. The van der Waals surface area contributed by atoms with Gasteiger partial charge in [-0.1, -0.05) is 36.8 Å². The summed E-state index contributed by atoms with van der Waals surface area (Å²) in [5.41, 5.74) is 1.50. The molecule has 2 N–H and O–H groups in total. The van der Waals surface area contributed by atoms with Crippen molar-refractivity contribution in [3.63, 3.8) is 0 Å². The molecule has 0 aliphatic carbocycles. The van der Waals surface area contributed by atoms with Gasteiger partial charge in [0.15, 0.2) is 0 Å². The van der Waals surface area contributed by atoms with Crippen LogP contribution in [-0.2, 0) is 21.4 Å². The number of nitrogens with zero attached hydrogens (tertiary/aromatic N) is 2. The molecule has 1 aliphatic rings. The van der Waals surface area contributed by atoms with Crippen LogP contribution in [0, 0.1) is 0 Å². The Morgan fingerprint density at radius 3 is 2.21 bits per heavy atom. The van der Waals surface area contributed by atoms with Crippen molar-refractivity contribution < 1.29 is 18.0 Å². The minimum Gasteiger partial charge on any atom is -0.352 e. The molecule has 8 nitrogen and oxygen atoms in total. The first-order valence-electron chi connectivity index (χ1n) is 11.7. The molecule has 34 heavy (non-hydrogen) atoms. The van der Waals surface area contributed by atoms with Crippen molar-refractivity contribution in [3.05, 3.63) is 65.7 Å². The molecule has 184 valence electrons. The van der Waals surface area contributed by atoms with E-state index in [4.69, 9.17) is 0 Å². The molecule has 2 amide bonds. The van der Waals surface area contributed by atoms with Crippen LogP contribution in [-0.4, -0.2) is 69.2 Å². The second-order valence-electron chi connectivity index (χ2n) is 8.56. The van der Waals surface area contributed by atoms with Gasteiger partial charge in [0.1, 0.15) is 0 Å². The van der Waals surface area contributed by atoms with E-state index in [9.17, 15) is 18.0 Å². The minimum absolute atomic E-state index is 0.0394. The topological polar surface area (TPSA) is 98.8 Å². The number of amides is 2. The highest BCUT2D eigenvalue weighted by Gasteiger charge is 2.27. The standard InChI is InChI=1S/C25H34N4O4S/c1-28-16-18-29(19-17-28)34(32,33)23-13-11-21(12-14-23)20-27-24(30)10-6-3-7-15-26-25(31)22-8-4-2-5-9-22/h2,4-5,8-9,11-14H,3,6-7,10,15-20H2,1H3,(H,26,31)(H,27,30). The van der Waals surface area contributed by atoms with Crippen LogP contribution in [0.5, 0.6) is 0 Å². The van der Waals surface area contributed by atoms with Gasteiger partial charge in [0.2, 0.25) is 15.9 Å². The molecule has 0 atom stereocenters. The molecule has 0 aromatic heterocycles. The van der Waals surface area contributed by atoms with E-state index in [1.54, 1.807) is 36.4 Å². The highest BCUT2D eigenvalue weighted by atomic mass is 32.2. The fourth-order valence-electron chi connectivity index (χ4n) is 3.73. The van der Waals surface area contributed by atoms with Crippen molar-refractivity contribution in [2.75, 3.05) is 39.8 Å². The van der Waals surface area contributed by atoms with Gasteiger partial charge in [-0.15, -0.1) is 0 Å². The molecule has 9 heteroatoms. The average Bonchev–Trinajstić information content (AvgIpc) is 2.85. The minimum atomic E-state index is -3.48. The zero-order valence-electron chi connectivity index (χ0n) is 19.7. The Morgan fingerprint density at radius 2 is 1.53 bits per heavy atom. The number of likely N-dealkylation sites (N-methyl/N-ethyl adjacent to an activating group) is 1. The monoisotopic (exact) mass is 486 g/mol. The molecule has 0 radical (unpaired) electrons. The van der Waals surface area contributed by atoms with E-state index in [0.717, 1.165) is 37.9 Å². The number of unbranched alkanes of at least 4 members (excludes halogenated alkanes) is 2. The van der Waals surface area contributed by atoms with Crippen LogP contribution in [0.4, 0.5) is 0 Å². The van der Waals surface area contributed by atoms with Crippen LogP contribution in [0.25, 0.3) is 0 Å². The molecule has 0 spiro atoms. The summed E-state index contributed by atoms with van der Waals surface area (Å²) in [5.74, 6) is -0.122. The highest BCUT2D eigenvalue weighted by Crippen LogP contribution is 2.18. The number of carbonyl (C=O) groups is 2. The van der Waals surface area contributed by atoms with Gasteiger partial charge in [-0.25, -0.2) is 8.42 Å². The first-order valence-corrected chi connectivity index (χ1v) is 13.2. The van der Waals surface area contributed by atoms with E-state index in [1.165, 1.54) is 4.31 Å². The number of piperazine rings is 1. The van der Waals surface area contributed by atoms with Gasteiger partial charge in [0.25, 0.3) is 5.91 Å². The maximum Gasteiger partial charge on any atom is 0.251 e. The summed E-state index contributed by atoms with van der Waals surface area (Å²) in [6.07, 6.45) is 2.83. The molecule has 2 aromatic rings. The lowest BCUT2D eigenvalue weighted by Gasteiger charge is -2.31. The largest absolute Gasteiger partial charge is 0.352 e. The van der Waals surface area contributed by atoms with Crippen LogP contribution >= 0.6 is 0 Å². The number of carbonyl (C=O) groups excluding carboxylic acids is 2. The lowest BCUT2D eigenvalue weighted by Crippen LogP contribution is -2.47. The molecule has 0 saturated carbocycles. The zero-order chi connectivity index (χ0) is 24.4. The number of nitrogens with one attached hydrogen (secondary N) is 2. The van der Waals surface area contributed by atoms with E-state index in [-0.39, 0.29) is 16.7 Å². The molecule has 0 bridgehead atoms. The summed E-state index contributed by atoms with van der Waals surface area (Å²) in [7, 11) is -1.50. The van der Waals surface area contributed by atoms with Crippen molar-refractivity contribution in [3.8, 4) is 0 Å². The summed E-state index contributed by atoms with van der Waals surface area (Å²) < 4.78 is 27.1. The maximum atomic E-state index is 12.8. The van der Waals surface area contributed by atoms with Gasteiger partial charge in [-0.05, 0) is 49.7 Å². The average molecular weight is 487 g/mol. The molecule has 1 fully saturated rings. The van der Waals surface area contributed by atoms with Gasteiger partial charge in [0, 0.05) is 51.3 Å². The second-order valence-corrected chi connectivity index (χ2v) is 10.5. The van der Waals surface area contributed by atoms with Gasteiger partial charge in [0.05, 0.1) is 4.90 Å². The smallest absolute Gasteiger partial charge is 0.251 e. The third kappa shape index (κ3) is 7.65. The zero-order valence-corrected chi connectivity index (χ0v) is 20.5. The summed E-state index contributed by atoms with van der Waals surface area (Å²) in [5, 5.41) is 5.77. The fourth-order valence-corrected chi connectivity index (χ4v) is 5.15. The lowest BCUT2D eigenvalue weighted by atomic mass is 10.1. The van der Waals surface area contributed by atoms with Crippen LogP contribution < -0.4 is 10.6 Å². The van der Waals surface area contributed by atoms with Gasteiger partial charge in [-0.3, -0.25) is 9.59 Å². The molecule has 1 saturated heterocycles. The Balaban J connectivity index is 1.31. The van der Waals surface area contributed by atoms with Crippen molar-refractivity contribution in [1.29, 1.82) is 0 Å². The number of rotatable bonds is 11. The van der Waals surface area contributed by atoms with E-state index >= 15 is 0 Å². The van der Waals surface area contributed by atoms with Crippen molar-refractivity contribution in [1.82, 2.24) is 19.8 Å². The van der Waals surface area contributed by atoms with Gasteiger partial charge >= 0.3 is 0 Å². The number of sulfonamides is 1. The number of hydrogen-bond acceptors (Lipinski definition) is 5. The number of benzene rings is 2. The Bertz CT molecular complexity index is 1030. The Labute approximate surface area is 202 Å². The van der Waals surface area contributed by atoms with Crippen molar-refractivity contribution in [2.24, 2.45) is 0 Å². The summed E-state index contributed by atoms with van der Waals surface area (Å²) in [4.78, 5) is 26.5. The van der Waals surface area contributed by atoms with Crippen LogP contribution in [0.3, 0.4) is 0 Å².